The van der Waals surface area contributed by atoms with Gasteiger partial charge in [0.1, 0.15) is 5.82 Å². The van der Waals surface area contributed by atoms with Gasteiger partial charge in [-0.3, -0.25) is 4.98 Å². The van der Waals surface area contributed by atoms with Crippen LogP contribution in [0.4, 0.5) is 15.9 Å². The molecule has 104 valence electrons. The van der Waals surface area contributed by atoms with E-state index < -0.39 is 5.97 Å². The monoisotopic (exact) mass is 275 g/mol. The number of halogens is 1. The van der Waals surface area contributed by atoms with Crippen LogP contribution in [0.5, 0.6) is 0 Å². The fourth-order valence-corrected chi connectivity index (χ4v) is 1.79. The fraction of sp³-hybridized carbons (Fsp3) is 0.214. The Balaban J connectivity index is 2.36. The molecule has 0 bridgehead atoms. The number of hydrogen-bond acceptors (Lipinski definition) is 5. The lowest BCUT2D eigenvalue weighted by Crippen LogP contribution is -2.19. The van der Waals surface area contributed by atoms with Crippen LogP contribution in [-0.2, 0) is 4.74 Å². The van der Waals surface area contributed by atoms with Gasteiger partial charge in [-0.05, 0) is 31.2 Å². The summed E-state index contributed by atoms with van der Waals surface area (Å²) in [5, 5.41) is 0. The first kappa shape index (κ1) is 13.9. The van der Waals surface area contributed by atoms with E-state index in [1.54, 1.807) is 18.3 Å². The van der Waals surface area contributed by atoms with Crippen LogP contribution in [0.1, 0.15) is 17.4 Å². The van der Waals surface area contributed by atoms with Gasteiger partial charge in [-0.25, -0.2) is 14.2 Å². The number of methoxy groups -OCH3 is 1. The summed E-state index contributed by atoms with van der Waals surface area (Å²) in [4.78, 5) is 21.5. The molecular weight excluding hydrogens is 261 g/mol. The Labute approximate surface area is 116 Å². The van der Waals surface area contributed by atoms with Crippen molar-refractivity contribution < 1.29 is 13.9 Å². The molecule has 0 N–H and O–H groups in total. The predicted molar refractivity (Wildman–Crippen MR) is 72.5 cm³/mol. The molecule has 0 spiro atoms. The van der Waals surface area contributed by atoms with Crippen molar-refractivity contribution in [1.29, 1.82) is 0 Å². The van der Waals surface area contributed by atoms with Crippen LogP contribution in [-0.4, -0.2) is 29.6 Å². The van der Waals surface area contributed by atoms with Crippen molar-refractivity contribution in [2.45, 2.75) is 6.92 Å². The van der Waals surface area contributed by atoms with Crippen molar-refractivity contribution in [3.8, 4) is 0 Å². The topological polar surface area (TPSA) is 55.3 Å². The SMILES string of the molecule is CCN(c1ccc(F)cc1)c1cncc(C(=O)OC)n1. The molecule has 0 aliphatic carbocycles. The van der Waals surface area contributed by atoms with Gasteiger partial charge in [0.05, 0.1) is 19.5 Å². The zero-order valence-corrected chi connectivity index (χ0v) is 11.2. The molecule has 20 heavy (non-hydrogen) atoms. The summed E-state index contributed by atoms with van der Waals surface area (Å²) in [5.41, 5.74) is 0.899. The lowest BCUT2D eigenvalue weighted by atomic mass is 10.3. The number of esters is 1. The third-order valence-corrected chi connectivity index (χ3v) is 2.75. The summed E-state index contributed by atoms with van der Waals surface area (Å²) in [5.74, 6) is -0.351. The number of nitrogens with zero attached hydrogens (tertiary/aromatic N) is 3. The van der Waals surface area contributed by atoms with E-state index in [0.717, 1.165) is 5.69 Å². The van der Waals surface area contributed by atoms with Crippen LogP contribution >= 0.6 is 0 Å². The van der Waals surface area contributed by atoms with E-state index in [2.05, 4.69) is 14.7 Å². The van der Waals surface area contributed by atoms with E-state index in [1.807, 2.05) is 11.8 Å². The number of carbonyl (C=O) groups is 1. The highest BCUT2D eigenvalue weighted by molar-refractivity contribution is 5.87. The molecule has 0 unspecified atom stereocenters. The molecular formula is C14H14FN3O2. The number of rotatable bonds is 4. The maximum Gasteiger partial charge on any atom is 0.358 e. The zero-order valence-electron chi connectivity index (χ0n) is 11.2. The molecule has 0 amide bonds. The third-order valence-electron chi connectivity index (χ3n) is 2.75. The van der Waals surface area contributed by atoms with Crippen LogP contribution in [0.25, 0.3) is 0 Å². The molecule has 6 heteroatoms. The normalized spacial score (nSPS) is 10.2. The number of anilines is 2. The molecule has 0 saturated heterocycles. The number of ether oxygens (including phenoxy) is 1. The Hall–Kier alpha value is -2.50. The molecule has 0 aliphatic rings. The second kappa shape index (κ2) is 6.10. The Bertz CT molecular complexity index is 602. The second-order valence-electron chi connectivity index (χ2n) is 3.97. The molecule has 0 fully saturated rings. The van der Waals surface area contributed by atoms with Crippen LogP contribution in [0.3, 0.4) is 0 Å². The Morgan fingerprint density at radius 2 is 2.00 bits per heavy atom. The largest absolute Gasteiger partial charge is 0.464 e. The zero-order chi connectivity index (χ0) is 14.5. The number of aromatic nitrogens is 2. The van der Waals surface area contributed by atoms with Crippen LogP contribution in [0, 0.1) is 5.82 Å². The van der Waals surface area contributed by atoms with Gasteiger partial charge in [0.25, 0.3) is 0 Å². The molecule has 1 heterocycles. The van der Waals surface area contributed by atoms with E-state index >= 15 is 0 Å². The van der Waals surface area contributed by atoms with Crippen molar-refractivity contribution >= 4 is 17.5 Å². The Kier molecular flexibility index (Phi) is 4.24. The van der Waals surface area contributed by atoms with E-state index in [9.17, 15) is 9.18 Å². The van der Waals surface area contributed by atoms with Gasteiger partial charge in [0, 0.05) is 12.2 Å². The smallest absolute Gasteiger partial charge is 0.358 e. The van der Waals surface area contributed by atoms with Crippen molar-refractivity contribution in [3.05, 3.63) is 48.2 Å². The predicted octanol–water partition coefficient (Wildman–Crippen LogP) is 2.56. The van der Waals surface area contributed by atoms with Gasteiger partial charge in [-0.2, -0.15) is 0 Å². The highest BCUT2D eigenvalue weighted by atomic mass is 19.1. The standard InChI is InChI=1S/C14H14FN3O2/c1-3-18(11-6-4-10(15)5-7-11)13-9-16-8-12(17-13)14(19)20-2/h4-9H,3H2,1-2H3. The van der Waals surface area contributed by atoms with Crippen LogP contribution in [0.15, 0.2) is 36.7 Å². The van der Waals surface area contributed by atoms with Crippen molar-refractivity contribution in [3.63, 3.8) is 0 Å². The van der Waals surface area contributed by atoms with Crippen molar-refractivity contribution in [2.24, 2.45) is 0 Å². The quantitative estimate of drug-likeness (QED) is 0.803. The Morgan fingerprint density at radius 3 is 2.60 bits per heavy atom. The number of benzene rings is 1. The van der Waals surface area contributed by atoms with E-state index in [1.165, 1.54) is 25.4 Å². The average Bonchev–Trinajstić information content (AvgIpc) is 2.49. The molecule has 0 aliphatic heterocycles. The first-order valence-corrected chi connectivity index (χ1v) is 6.09. The van der Waals surface area contributed by atoms with E-state index in [4.69, 9.17) is 0 Å². The number of hydrogen-bond donors (Lipinski definition) is 0. The maximum atomic E-state index is 13.0. The van der Waals surface area contributed by atoms with Crippen molar-refractivity contribution in [2.75, 3.05) is 18.6 Å². The lowest BCUT2D eigenvalue weighted by molar-refractivity contribution is 0.0593. The summed E-state index contributed by atoms with van der Waals surface area (Å²) in [6, 6.07) is 6.03. The van der Waals surface area contributed by atoms with Gasteiger partial charge in [0.2, 0.25) is 0 Å². The average molecular weight is 275 g/mol. The Morgan fingerprint density at radius 1 is 1.30 bits per heavy atom. The summed E-state index contributed by atoms with van der Waals surface area (Å²) in [7, 11) is 1.29. The van der Waals surface area contributed by atoms with Gasteiger partial charge in [0.15, 0.2) is 11.5 Å². The van der Waals surface area contributed by atoms with Gasteiger partial charge in [-0.15, -0.1) is 0 Å². The van der Waals surface area contributed by atoms with Crippen LogP contribution < -0.4 is 4.90 Å². The minimum atomic E-state index is -0.547. The molecule has 2 aromatic rings. The highest BCUT2D eigenvalue weighted by Gasteiger charge is 2.13. The minimum Gasteiger partial charge on any atom is -0.464 e. The molecule has 0 atom stereocenters. The fourth-order valence-electron chi connectivity index (χ4n) is 1.79. The number of carbonyl (C=O) groups excluding carboxylic acids is 1. The molecule has 1 aromatic carbocycles. The highest BCUT2D eigenvalue weighted by Crippen LogP contribution is 2.23. The summed E-state index contributed by atoms with van der Waals surface area (Å²) in [6.45, 7) is 2.53. The first-order valence-electron chi connectivity index (χ1n) is 6.09. The summed E-state index contributed by atoms with van der Waals surface area (Å²) >= 11 is 0. The maximum absolute atomic E-state index is 13.0. The van der Waals surface area contributed by atoms with Crippen molar-refractivity contribution in [1.82, 2.24) is 9.97 Å². The van der Waals surface area contributed by atoms with Gasteiger partial charge in [-0.1, -0.05) is 0 Å². The summed E-state index contributed by atoms with van der Waals surface area (Å²) in [6.07, 6.45) is 2.88. The van der Waals surface area contributed by atoms with E-state index in [-0.39, 0.29) is 11.5 Å². The molecule has 0 saturated carbocycles. The van der Waals surface area contributed by atoms with Crippen LogP contribution in [0.2, 0.25) is 0 Å². The molecule has 0 radical (unpaired) electrons. The first-order chi connectivity index (χ1) is 9.65. The van der Waals surface area contributed by atoms with Gasteiger partial charge < -0.3 is 9.64 Å². The summed E-state index contributed by atoms with van der Waals surface area (Å²) < 4.78 is 17.6. The molecule has 2 rings (SSSR count). The van der Waals surface area contributed by atoms with Gasteiger partial charge >= 0.3 is 5.97 Å². The molecule has 1 aromatic heterocycles. The second-order valence-corrected chi connectivity index (χ2v) is 3.97. The third kappa shape index (κ3) is 2.90. The van der Waals surface area contributed by atoms with E-state index in [0.29, 0.717) is 12.4 Å². The lowest BCUT2D eigenvalue weighted by Gasteiger charge is -2.21. The minimum absolute atomic E-state index is 0.130. The molecule has 5 nitrogen and oxygen atoms in total.